The molecule has 0 bridgehead atoms. The molecule has 2 N–H and O–H groups in total. The van der Waals surface area contributed by atoms with Crippen molar-refractivity contribution in [2.45, 2.75) is 25.8 Å². The van der Waals surface area contributed by atoms with Gasteiger partial charge in [-0.3, -0.25) is 14.9 Å². The molecule has 140 valence electrons. The van der Waals surface area contributed by atoms with Gasteiger partial charge in [0.25, 0.3) is 0 Å². The van der Waals surface area contributed by atoms with Crippen molar-refractivity contribution in [2.75, 3.05) is 33.2 Å². The first kappa shape index (κ1) is 18.9. The van der Waals surface area contributed by atoms with E-state index < -0.39 is 0 Å². The van der Waals surface area contributed by atoms with E-state index in [1.165, 1.54) is 24.3 Å². The molecule has 1 fully saturated rings. The van der Waals surface area contributed by atoms with Gasteiger partial charge in [0.15, 0.2) is 5.96 Å². The molecule has 0 radical (unpaired) electrons. The second-order valence-electron chi connectivity index (χ2n) is 6.77. The Bertz CT molecular complexity index is 656. The van der Waals surface area contributed by atoms with Crippen LogP contribution in [-0.4, -0.2) is 49.1 Å². The molecule has 1 aliphatic heterocycles. The first-order valence-electron chi connectivity index (χ1n) is 9.42. The van der Waals surface area contributed by atoms with Gasteiger partial charge < -0.3 is 10.6 Å². The molecular formula is C20H29N5S. The van der Waals surface area contributed by atoms with Crippen LogP contribution in [-0.2, 0) is 13.0 Å². The van der Waals surface area contributed by atoms with Crippen LogP contribution in [0.25, 0.3) is 0 Å². The van der Waals surface area contributed by atoms with E-state index in [0.717, 1.165) is 44.3 Å². The lowest BCUT2D eigenvalue weighted by molar-refractivity contribution is 0.169. The third kappa shape index (κ3) is 6.11. The topological polar surface area (TPSA) is 52.6 Å². The van der Waals surface area contributed by atoms with Gasteiger partial charge in [0.2, 0.25) is 0 Å². The van der Waals surface area contributed by atoms with E-state index in [0.29, 0.717) is 5.92 Å². The number of aliphatic imine (C=N–C) groups is 1. The number of rotatable bonds is 7. The summed E-state index contributed by atoms with van der Waals surface area (Å²) in [6, 6.07) is 10.4. The van der Waals surface area contributed by atoms with Gasteiger partial charge in [-0.05, 0) is 48.9 Å². The van der Waals surface area contributed by atoms with Crippen molar-refractivity contribution in [3.8, 4) is 0 Å². The average molecular weight is 372 g/mol. The fourth-order valence-electron chi connectivity index (χ4n) is 3.40. The van der Waals surface area contributed by atoms with Crippen molar-refractivity contribution >= 4 is 17.3 Å². The highest BCUT2D eigenvalue weighted by Crippen LogP contribution is 2.19. The molecule has 1 aliphatic rings. The zero-order chi connectivity index (χ0) is 18.0. The third-order valence-corrected chi connectivity index (χ3v) is 5.61. The zero-order valence-corrected chi connectivity index (χ0v) is 16.3. The summed E-state index contributed by atoms with van der Waals surface area (Å²) >= 11 is 1.86. The summed E-state index contributed by atoms with van der Waals surface area (Å²) in [6.45, 7) is 5.28. The lowest BCUT2D eigenvalue weighted by atomic mass is 9.98. The molecule has 2 aromatic heterocycles. The molecule has 0 spiro atoms. The van der Waals surface area contributed by atoms with Crippen molar-refractivity contribution in [1.82, 2.24) is 20.5 Å². The standard InChI is InChI=1S/C20H29N5S/c1-21-20(23-11-9-18-7-2-3-10-22-18)24-14-17-6-4-12-25(15-17)16-19-8-5-13-26-19/h2-3,5,7-8,10,13,17H,4,6,9,11-12,14-16H2,1H3,(H2,21,23,24). The Hall–Kier alpha value is -1.92. The van der Waals surface area contributed by atoms with Gasteiger partial charge in [-0.2, -0.15) is 0 Å². The minimum Gasteiger partial charge on any atom is -0.356 e. The maximum atomic E-state index is 4.35. The Kier molecular flexibility index (Phi) is 7.46. The monoisotopic (exact) mass is 371 g/mol. The Morgan fingerprint density at radius 3 is 3.04 bits per heavy atom. The number of likely N-dealkylation sites (tertiary alicyclic amines) is 1. The Labute approximate surface area is 160 Å². The van der Waals surface area contributed by atoms with Gasteiger partial charge in [-0.15, -0.1) is 11.3 Å². The summed E-state index contributed by atoms with van der Waals surface area (Å²) in [4.78, 5) is 12.7. The SMILES string of the molecule is CN=C(NCCc1ccccn1)NCC1CCCN(Cc2cccs2)C1. The first-order valence-corrected chi connectivity index (χ1v) is 10.3. The fourth-order valence-corrected chi connectivity index (χ4v) is 4.15. The highest BCUT2D eigenvalue weighted by Gasteiger charge is 2.20. The largest absolute Gasteiger partial charge is 0.356 e. The fraction of sp³-hybridized carbons (Fsp3) is 0.500. The van der Waals surface area contributed by atoms with Crippen molar-refractivity contribution in [2.24, 2.45) is 10.9 Å². The van der Waals surface area contributed by atoms with E-state index in [2.05, 4.69) is 49.1 Å². The van der Waals surface area contributed by atoms with E-state index in [9.17, 15) is 0 Å². The minimum atomic E-state index is 0.679. The van der Waals surface area contributed by atoms with Gasteiger partial charge in [-0.1, -0.05) is 12.1 Å². The van der Waals surface area contributed by atoms with Gasteiger partial charge in [0.1, 0.15) is 0 Å². The molecule has 6 heteroatoms. The van der Waals surface area contributed by atoms with Crippen molar-refractivity contribution < 1.29 is 0 Å². The van der Waals surface area contributed by atoms with Crippen molar-refractivity contribution in [3.05, 3.63) is 52.5 Å². The van der Waals surface area contributed by atoms with Gasteiger partial charge in [-0.25, -0.2) is 0 Å². The quantitative estimate of drug-likeness (QED) is 0.580. The smallest absolute Gasteiger partial charge is 0.190 e. The number of hydrogen-bond acceptors (Lipinski definition) is 4. The Morgan fingerprint density at radius 1 is 1.31 bits per heavy atom. The number of piperidine rings is 1. The van der Waals surface area contributed by atoms with Crippen LogP contribution >= 0.6 is 11.3 Å². The number of nitrogens with zero attached hydrogens (tertiary/aromatic N) is 3. The van der Waals surface area contributed by atoms with Crippen LogP contribution in [0.4, 0.5) is 0 Å². The van der Waals surface area contributed by atoms with Gasteiger partial charge >= 0.3 is 0 Å². The number of guanidine groups is 1. The third-order valence-electron chi connectivity index (χ3n) is 4.74. The summed E-state index contributed by atoms with van der Waals surface area (Å²) in [7, 11) is 1.83. The molecule has 0 aliphatic carbocycles. The number of hydrogen-bond donors (Lipinski definition) is 2. The number of thiophene rings is 1. The molecule has 5 nitrogen and oxygen atoms in total. The molecule has 1 unspecified atom stereocenters. The van der Waals surface area contributed by atoms with Crippen LogP contribution in [0.2, 0.25) is 0 Å². The highest BCUT2D eigenvalue weighted by molar-refractivity contribution is 7.09. The Morgan fingerprint density at radius 2 is 2.27 bits per heavy atom. The van der Waals surface area contributed by atoms with E-state index >= 15 is 0 Å². The van der Waals surface area contributed by atoms with Crippen LogP contribution in [0.1, 0.15) is 23.4 Å². The van der Waals surface area contributed by atoms with E-state index in [1.807, 2.05) is 36.7 Å². The maximum Gasteiger partial charge on any atom is 0.190 e. The summed E-state index contributed by atoms with van der Waals surface area (Å²) in [5.41, 5.74) is 1.10. The lowest BCUT2D eigenvalue weighted by Gasteiger charge is -2.32. The van der Waals surface area contributed by atoms with Crippen molar-refractivity contribution in [1.29, 1.82) is 0 Å². The predicted molar refractivity (Wildman–Crippen MR) is 110 cm³/mol. The number of pyridine rings is 1. The highest BCUT2D eigenvalue weighted by atomic mass is 32.1. The molecule has 1 atom stereocenters. The first-order chi connectivity index (χ1) is 12.8. The molecule has 26 heavy (non-hydrogen) atoms. The second-order valence-corrected chi connectivity index (χ2v) is 7.81. The predicted octanol–water partition coefficient (Wildman–Crippen LogP) is 2.76. The number of aromatic nitrogens is 1. The van der Waals surface area contributed by atoms with E-state index in [-0.39, 0.29) is 0 Å². The normalized spacial score (nSPS) is 18.7. The molecule has 0 amide bonds. The molecule has 2 aromatic rings. The molecule has 1 saturated heterocycles. The summed E-state index contributed by atoms with van der Waals surface area (Å²) in [5, 5.41) is 9.06. The van der Waals surface area contributed by atoms with Crippen LogP contribution in [0.15, 0.2) is 46.9 Å². The van der Waals surface area contributed by atoms with Crippen LogP contribution in [0.3, 0.4) is 0 Å². The second kappa shape index (κ2) is 10.3. The molecule has 3 rings (SSSR count). The van der Waals surface area contributed by atoms with Crippen LogP contribution < -0.4 is 10.6 Å². The van der Waals surface area contributed by atoms with E-state index in [4.69, 9.17) is 0 Å². The van der Waals surface area contributed by atoms with E-state index in [1.54, 1.807) is 0 Å². The van der Waals surface area contributed by atoms with Crippen LogP contribution in [0.5, 0.6) is 0 Å². The minimum absolute atomic E-state index is 0.679. The summed E-state index contributed by atoms with van der Waals surface area (Å²) in [5.74, 6) is 1.56. The molecule has 0 aromatic carbocycles. The average Bonchev–Trinajstić information content (AvgIpc) is 3.18. The molecular weight excluding hydrogens is 342 g/mol. The molecule has 0 saturated carbocycles. The zero-order valence-electron chi connectivity index (χ0n) is 15.5. The van der Waals surface area contributed by atoms with Gasteiger partial charge in [0.05, 0.1) is 0 Å². The van der Waals surface area contributed by atoms with Gasteiger partial charge in [0, 0.05) is 56.4 Å². The lowest BCUT2D eigenvalue weighted by Crippen LogP contribution is -2.44. The van der Waals surface area contributed by atoms with Crippen molar-refractivity contribution in [3.63, 3.8) is 0 Å². The molecule has 3 heterocycles. The number of nitrogens with one attached hydrogen (secondary N) is 2. The Balaban J connectivity index is 1.37. The summed E-state index contributed by atoms with van der Waals surface area (Å²) < 4.78 is 0. The van der Waals surface area contributed by atoms with Crippen LogP contribution in [0, 0.1) is 5.92 Å². The summed E-state index contributed by atoms with van der Waals surface area (Å²) in [6.07, 6.45) is 5.31. The maximum absolute atomic E-state index is 4.35.